The number of methoxy groups -OCH3 is 1. The molecule has 182 valence electrons. The first-order valence-electron chi connectivity index (χ1n) is 10.9. The summed E-state index contributed by atoms with van der Waals surface area (Å²) in [6.45, 7) is 0.656. The molecule has 4 rings (SSSR count). The van der Waals surface area contributed by atoms with E-state index in [0.717, 1.165) is 25.0 Å². The van der Waals surface area contributed by atoms with E-state index in [4.69, 9.17) is 19.0 Å². The van der Waals surface area contributed by atoms with Crippen LogP contribution in [0.3, 0.4) is 0 Å². The van der Waals surface area contributed by atoms with E-state index in [9.17, 15) is 19.5 Å². The first kappa shape index (κ1) is 23.4. The van der Waals surface area contributed by atoms with E-state index in [0.29, 0.717) is 31.7 Å². The van der Waals surface area contributed by atoms with Crippen molar-refractivity contribution >= 4 is 24.1 Å². The van der Waals surface area contributed by atoms with Crippen molar-refractivity contribution in [3.05, 3.63) is 29.5 Å². The highest BCUT2D eigenvalue weighted by molar-refractivity contribution is 5.91. The minimum absolute atomic E-state index is 0.0237. The smallest absolute Gasteiger partial charge is 0.434 e. The van der Waals surface area contributed by atoms with Crippen LogP contribution in [-0.2, 0) is 14.4 Å². The van der Waals surface area contributed by atoms with E-state index in [2.05, 4.69) is 15.5 Å². The van der Waals surface area contributed by atoms with Crippen molar-refractivity contribution in [3.63, 3.8) is 0 Å². The third kappa shape index (κ3) is 5.39. The van der Waals surface area contributed by atoms with Gasteiger partial charge in [0.05, 0.1) is 25.8 Å². The number of ether oxygens (including phenoxy) is 3. The summed E-state index contributed by atoms with van der Waals surface area (Å²) in [5.41, 5.74) is 0.747. The number of phenols is 1. The van der Waals surface area contributed by atoms with Crippen molar-refractivity contribution in [3.8, 4) is 17.2 Å². The SMILES string of the molecule is COc1cc(O)c(C=O)c(OCC(=O)Nc2cc([C@H]3CC[C@@H](OC(=O)N4CCCO4)C3)[nH]n2)c1. The number of aromatic nitrogens is 2. The highest BCUT2D eigenvalue weighted by Gasteiger charge is 2.32. The molecule has 2 fully saturated rings. The van der Waals surface area contributed by atoms with E-state index in [1.807, 2.05) is 0 Å². The van der Waals surface area contributed by atoms with Crippen LogP contribution >= 0.6 is 0 Å². The van der Waals surface area contributed by atoms with Crippen LogP contribution in [0.15, 0.2) is 18.2 Å². The van der Waals surface area contributed by atoms with Gasteiger partial charge in [-0.1, -0.05) is 0 Å². The number of aromatic hydroxyl groups is 1. The highest BCUT2D eigenvalue weighted by atomic mass is 16.7. The number of anilines is 1. The molecule has 2 heterocycles. The fourth-order valence-corrected chi connectivity index (χ4v) is 4.00. The molecule has 12 heteroatoms. The molecular formula is C22H26N4O8. The molecule has 2 atom stereocenters. The van der Waals surface area contributed by atoms with Crippen molar-refractivity contribution in [2.24, 2.45) is 0 Å². The zero-order chi connectivity index (χ0) is 24.1. The van der Waals surface area contributed by atoms with E-state index >= 15 is 0 Å². The number of nitrogens with zero attached hydrogens (tertiary/aromatic N) is 2. The average Bonchev–Trinajstić information content (AvgIpc) is 3.59. The highest BCUT2D eigenvalue weighted by Crippen LogP contribution is 2.36. The Balaban J connectivity index is 1.28. The Labute approximate surface area is 195 Å². The molecular weight excluding hydrogens is 448 g/mol. The number of aldehydes is 1. The van der Waals surface area contributed by atoms with Crippen molar-refractivity contribution in [1.82, 2.24) is 15.3 Å². The van der Waals surface area contributed by atoms with Crippen molar-refractivity contribution in [2.45, 2.75) is 37.7 Å². The molecule has 1 aromatic heterocycles. The predicted molar refractivity (Wildman–Crippen MR) is 117 cm³/mol. The minimum Gasteiger partial charge on any atom is -0.507 e. The number of amides is 2. The maximum Gasteiger partial charge on any atom is 0.434 e. The van der Waals surface area contributed by atoms with E-state index in [-0.39, 0.29) is 34.8 Å². The van der Waals surface area contributed by atoms with Gasteiger partial charge in [0.15, 0.2) is 18.7 Å². The van der Waals surface area contributed by atoms with Gasteiger partial charge in [-0.15, -0.1) is 0 Å². The van der Waals surface area contributed by atoms with Gasteiger partial charge in [-0.05, 0) is 25.7 Å². The third-order valence-electron chi connectivity index (χ3n) is 5.72. The first-order valence-corrected chi connectivity index (χ1v) is 10.9. The number of H-pyrrole nitrogens is 1. The van der Waals surface area contributed by atoms with Gasteiger partial charge >= 0.3 is 6.09 Å². The lowest BCUT2D eigenvalue weighted by molar-refractivity contribution is -0.118. The van der Waals surface area contributed by atoms with Crippen LogP contribution in [0.1, 0.15) is 47.7 Å². The number of benzene rings is 1. The molecule has 12 nitrogen and oxygen atoms in total. The molecule has 1 saturated carbocycles. The summed E-state index contributed by atoms with van der Waals surface area (Å²) in [6.07, 6.45) is 2.76. The maximum absolute atomic E-state index is 12.3. The molecule has 1 aliphatic heterocycles. The summed E-state index contributed by atoms with van der Waals surface area (Å²) >= 11 is 0. The van der Waals surface area contributed by atoms with Gasteiger partial charge in [0.1, 0.15) is 23.4 Å². The van der Waals surface area contributed by atoms with Gasteiger partial charge in [-0.2, -0.15) is 10.2 Å². The van der Waals surface area contributed by atoms with Gasteiger partial charge in [-0.3, -0.25) is 19.5 Å². The summed E-state index contributed by atoms with van der Waals surface area (Å²) in [5.74, 6) is -0.0731. The van der Waals surface area contributed by atoms with Crippen LogP contribution < -0.4 is 14.8 Å². The van der Waals surface area contributed by atoms with Crippen molar-refractivity contribution < 1.29 is 38.5 Å². The van der Waals surface area contributed by atoms with Gasteiger partial charge in [0.25, 0.3) is 5.91 Å². The molecule has 2 amide bonds. The lowest BCUT2D eigenvalue weighted by Crippen LogP contribution is -2.30. The van der Waals surface area contributed by atoms with E-state index in [1.54, 1.807) is 6.07 Å². The lowest BCUT2D eigenvalue weighted by atomic mass is 10.0. The minimum atomic E-state index is -0.499. The summed E-state index contributed by atoms with van der Waals surface area (Å²) in [7, 11) is 1.40. The average molecular weight is 474 g/mol. The van der Waals surface area contributed by atoms with Crippen LogP contribution in [0.2, 0.25) is 0 Å². The number of phenolic OH excluding ortho intramolecular Hbond substituents is 1. The van der Waals surface area contributed by atoms with Gasteiger partial charge < -0.3 is 24.6 Å². The second-order valence-electron chi connectivity index (χ2n) is 8.03. The molecule has 2 aromatic rings. The molecule has 1 aromatic carbocycles. The number of hydroxylamine groups is 2. The second-order valence-corrected chi connectivity index (χ2v) is 8.03. The van der Waals surface area contributed by atoms with Crippen LogP contribution in [0.25, 0.3) is 0 Å². The van der Waals surface area contributed by atoms with Gasteiger partial charge in [0.2, 0.25) is 0 Å². The Bertz CT molecular complexity index is 1050. The standard InChI is InChI=1S/C22H26N4O8/c1-31-15-8-18(28)16(11-27)19(9-15)32-12-21(29)23-20-10-17(24-25-20)13-3-4-14(7-13)34-22(30)26-5-2-6-33-26/h8-11,13-14,28H,2-7,12H2,1H3,(H2,23,24,25,29)/t13-,14+/m0/s1. The lowest BCUT2D eigenvalue weighted by Gasteiger charge is -2.17. The second kappa shape index (κ2) is 10.4. The van der Waals surface area contributed by atoms with E-state index < -0.39 is 18.6 Å². The van der Waals surface area contributed by atoms with Crippen molar-refractivity contribution in [2.75, 3.05) is 32.2 Å². The topological polar surface area (TPSA) is 152 Å². The quantitative estimate of drug-likeness (QED) is 0.490. The van der Waals surface area contributed by atoms with E-state index in [1.165, 1.54) is 24.3 Å². The molecule has 1 aliphatic carbocycles. The third-order valence-corrected chi connectivity index (χ3v) is 5.72. The summed E-state index contributed by atoms with van der Waals surface area (Å²) in [5, 5.41) is 20.8. The Kier molecular flexibility index (Phi) is 7.16. The van der Waals surface area contributed by atoms with Crippen LogP contribution in [0.4, 0.5) is 10.6 Å². The number of carbonyl (C=O) groups excluding carboxylic acids is 3. The predicted octanol–water partition coefficient (Wildman–Crippen LogP) is 2.36. The summed E-state index contributed by atoms with van der Waals surface area (Å²) in [4.78, 5) is 40.8. The number of aromatic amines is 1. The normalized spacial score (nSPS) is 19.6. The summed E-state index contributed by atoms with van der Waals surface area (Å²) < 4.78 is 16.0. The molecule has 0 bridgehead atoms. The maximum atomic E-state index is 12.3. The number of hydrogen-bond acceptors (Lipinski definition) is 9. The first-order chi connectivity index (χ1) is 16.5. The fraction of sp³-hybridized carbons (Fsp3) is 0.455. The molecule has 0 unspecified atom stereocenters. The van der Waals surface area contributed by atoms with Crippen LogP contribution in [0.5, 0.6) is 17.2 Å². The Morgan fingerprint density at radius 2 is 2.21 bits per heavy atom. The number of carbonyl (C=O) groups is 3. The van der Waals surface area contributed by atoms with Gasteiger partial charge in [-0.25, -0.2) is 4.79 Å². The molecule has 2 aliphatic rings. The number of rotatable bonds is 8. The molecule has 1 saturated heterocycles. The fourth-order valence-electron chi connectivity index (χ4n) is 4.00. The summed E-state index contributed by atoms with van der Waals surface area (Å²) in [6, 6.07) is 4.41. The Hall–Kier alpha value is -3.80. The molecule has 34 heavy (non-hydrogen) atoms. The Morgan fingerprint density at radius 1 is 1.35 bits per heavy atom. The largest absolute Gasteiger partial charge is 0.507 e. The zero-order valence-corrected chi connectivity index (χ0v) is 18.6. The number of nitrogens with one attached hydrogen (secondary N) is 2. The number of hydrogen-bond donors (Lipinski definition) is 3. The molecule has 3 N–H and O–H groups in total. The molecule has 0 spiro atoms. The van der Waals surface area contributed by atoms with Gasteiger partial charge in [0, 0.05) is 29.8 Å². The van der Waals surface area contributed by atoms with Crippen molar-refractivity contribution in [1.29, 1.82) is 0 Å². The zero-order valence-electron chi connectivity index (χ0n) is 18.6. The molecule has 0 radical (unpaired) electrons. The van der Waals surface area contributed by atoms with Crippen LogP contribution in [0, 0.1) is 0 Å². The Morgan fingerprint density at radius 3 is 2.94 bits per heavy atom. The monoisotopic (exact) mass is 474 g/mol. The van der Waals surface area contributed by atoms with Crippen LogP contribution in [-0.4, -0.2) is 71.6 Å².